The molecule has 0 saturated carbocycles. The maximum absolute atomic E-state index is 13.1. The SMILES string of the molecule is Cc1nn(-c2ccc(F)cc2)c(Cl)c1C(=O)OCC(=O)N(C)CC(=O)NC(C)(C)C. The van der Waals surface area contributed by atoms with Gasteiger partial charge in [0.05, 0.1) is 17.9 Å². The molecule has 30 heavy (non-hydrogen) atoms. The van der Waals surface area contributed by atoms with Crippen molar-refractivity contribution >= 4 is 29.4 Å². The number of esters is 1. The van der Waals surface area contributed by atoms with Crippen molar-refractivity contribution in [1.29, 1.82) is 0 Å². The highest BCUT2D eigenvalue weighted by Crippen LogP contribution is 2.24. The molecule has 2 amide bonds. The standard InChI is InChI=1S/C20H24ClFN4O4/c1-12-17(18(21)26(24-12)14-8-6-13(22)7-9-14)19(29)30-11-16(28)25(5)10-15(27)23-20(2,3)4/h6-9H,10-11H2,1-5H3,(H,23,27). The lowest BCUT2D eigenvalue weighted by Gasteiger charge is -2.23. The van der Waals surface area contributed by atoms with Gasteiger partial charge in [-0.3, -0.25) is 9.59 Å². The molecule has 0 saturated heterocycles. The van der Waals surface area contributed by atoms with E-state index in [-0.39, 0.29) is 23.2 Å². The van der Waals surface area contributed by atoms with Crippen LogP contribution in [0.25, 0.3) is 5.69 Å². The number of nitrogens with one attached hydrogen (secondary N) is 1. The smallest absolute Gasteiger partial charge is 0.343 e. The van der Waals surface area contributed by atoms with Crippen molar-refractivity contribution < 1.29 is 23.5 Å². The number of carbonyl (C=O) groups excluding carboxylic acids is 3. The first-order chi connectivity index (χ1) is 13.9. The van der Waals surface area contributed by atoms with Gasteiger partial charge in [-0.1, -0.05) is 11.6 Å². The van der Waals surface area contributed by atoms with Crippen LogP contribution in [0.15, 0.2) is 24.3 Å². The molecule has 0 radical (unpaired) electrons. The Kier molecular flexibility index (Phi) is 7.20. The molecule has 0 bridgehead atoms. The molecule has 0 fully saturated rings. The highest BCUT2D eigenvalue weighted by atomic mass is 35.5. The normalized spacial score (nSPS) is 11.2. The van der Waals surface area contributed by atoms with Crippen molar-refractivity contribution in [2.75, 3.05) is 20.2 Å². The highest BCUT2D eigenvalue weighted by molar-refractivity contribution is 6.33. The first-order valence-corrected chi connectivity index (χ1v) is 9.50. The molecule has 1 heterocycles. The topological polar surface area (TPSA) is 93.5 Å². The van der Waals surface area contributed by atoms with Gasteiger partial charge in [-0.2, -0.15) is 5.10 Å². The van der Waals surface area contributed by atoms with Crippen LogP contribution in [0.5, 0.6) is 0 Å². The Bertz CT molecular complexity index is 951. The Morgan fingerprint density at radius 1 is 1.23 bits per heavy atom. The minimum atomic E-state index is -0.827. The van der Waals surface area contributed by atoms with E-state index in [0.717, 1.165) is 4.90 Å². The number of carbonyl (C=O) groups is 3. The first kappa shape index (κ1) is 23.3. The molecule has 1 aromatic heterocycles. The van der Waals surface area contributed by atoms with Gasteiger partial charge in [0.25, 0.3) is 5.91 Å². The van der Waals surface area contributed by atoms with Gasteiger partial charge in [0.2, 0.25) is 5.91 Å². The highest BCUT2D eigenvalue weighted by Gasteiger charge is 2.24. The molecule has 2 rings (SSSR count). The maximum atomic E-state index is 13.1. The summed E-state index contributed by atoms with van der Waals surface area (Å²) in [5, 5.41) is 6.90. The molecule has 0 spiro atoms. The number of hydrogen-bond donors (Lipinski definition) is 1. The van der Waals surface area contributed by atoms with Crippen LogP contribution in [-0.4, -0.2) is 58.2 Å². The number of amides is 2. The van der Waals surface area contributed by atoms with E-state index < -0.39 is 29.8 Å². The Morgan fingerprint density at radius 3 is 2.40 bits per heavy atom. The van der Waals surface area contributed by atoms with E-state index >= 15 is 0 Å². The quantitative estimate of drug-likeness (QED) is 0.699. The van der Waals surface area contributed by atoms with E-state index in [9.17, 15) is 18.8 Å². The lowest BCUT2D eigenvalue weighted by Crippen LogP contribution is -2.46. The van der Waals surface area contributed by atoms with E-state index in [1.807, 2.05) is 20.8 Å². The van der Waals surface area contributed by atoms with Gasteiger partial charge in [-0.15, -0.1) is 0 Å². The van der Waals surface area contributed by atoms with Crippen molar-refractivity contribution in [3.8, 4) is 5.69 Å². The van der Waals surface area contributed by atoms with E-state index in [1.54, 1.807) is 6.92 Å². The van der Waals surface area contributed by atoms with Crippen LogP contribution in [0, 0.1) is 12.7 Å². The molecule has 1 aromatic carbocycles. The van der Waals surface area contributed by atoms with Crippen molar-refractivity contribution in [2.24, 2.45) is 0 Å². The average molecular weight is 439 g/mol. The summed E-state index contributed by atoms with van der Waals surface area (Å²) in [7, 11) is 1.43. The van der Waals surface area contributed by atoms with Crippen LogP contribution >= 0.6 is 11.6 Å². The minimum Gasteiger partial charge on any atom is -0.452 e. The Balaban J connectivity index is 2.02. The predicted molar refractivity (Wildman–Crippen MR) is 109 cm³/mol. The Hall–Kier alpha value is -2.94. The van der Waals surface area contributed by atoms with Gasteiger partial charge in [0, 0.05) is 12.6 Å². The summed E-state index contributed by atoms with van der Waals surface area (Å²) in [6.45, 7) is 6.31. The number of benzene rings is 1. The van der Waals surface area contributed by atoms with Crippen LogP contribution in [-0.2, 0) is 14.3 Å². The summed E-state index contributed by atoms with van der Waals surface area (Å²) in [6.07, 6.45) is 0. The Labute approximate surface area is 178 Å². The molecule has 10 heteroatoms. The van der Waals surface area contributed by atoms with E-state index in [2.05, 4.69) is 10.4 Å². The molecule has 8 nitrogen and oxygen atoms in total. The zero-order chi connectivity index (χ0) is 22.6. The fourth-order valence-electron chi connectivity index (χ4n) is 2.56. The number of hydrogen-bond acceptors (Lipinski definition) is 5. The van der Waals surface area contributed by atoms with Gasteiger partial charge in [0.15, 0.2) is 6.61 Å². The van der Waals surface area contributed by atoms with Crippen LogP contribution in [0.1, 0.15) is 36.8 Å². The number of likely N-dealkylation sites (N-methyl/N-ethyl adjacent to an activating group) is 1. The number of aryl methyl sites for hydroxylation is 1. The fourth-order valence-corrected chi connectivity index (χ4v) is 2.90. The zero-order valence-corrected chi connectivity index (χ0v) is 18.2. The van der Waals surface area contributed by atoms with E-state index in [1.165, 1.54) is 36.0 Å². The third-order valence-electron chi connectivity index (χ3n) is 3.93. The summed E-state index contributed by atoms with van der Waals surface area (Å²) >= 11 is 6.26. The molecule has 0 aliphatic rings. The second kappa shape index (κ2) is 9.25. The minimum absolute atomic E-state index is 0.00178. The summed E-state index contributed by atoms with van der Waals surface area (Å²) in [5.41, 5.74) is 0.331. The monoisotopic (exact) mass is 438 g/mol. The van der Waals surface area contributed by atoms with Crippen molar-refractivity contribution in [1.82, 2.24) is 20.0 Å². The maximum Gasteiger partial charge on any atom is 0.343 e. The van der Waals surface area contributed by atoms with Gasteiger partial charge < -0.3 is 15.0 Å². The molecule has 162 valence electrons. The van der Waals surface area contributed by atoms with Gasteiger partial charge in [0.1, 0.15) is 16.5 Å². The summed E-state index contributed by atoms with van der Waals surface area (Å²) in [5.74, 6) is -2.12. The van der Waals surface area contributed by atoms with Gasteiger partial charge in [-0.25, -0.2) is 13.9 Å². The first-order valence-electron chi connectivity index (χ1n) is 9.12. The zero-order valence-electron chi connectivity index (χ0n) is 17.5. The summed E-state index contributed by atoms with van der Waals surface area (Å²) < 4.78 is 19.5. The predicted octanol–water partition coefficient (Wildman–Crippen LogP) is 2.50. The van der Waals surface area contributed by atoms with Gasteiger partial charge >= 0.3 is 5.97 Å². The van der Waals surface area contributed by atoms with Gasteiger partial charge in [-0.05, 0) is 52.0 Å². The van der Waals surface area contributed by atoms with Crippen LogP contribution in [0.4, 0.5) is 4.39 Å². The van der Waals surface area contributed by atoms with E-state index in [0.29, 0.717) is 11.4 Å². The third kappa shape index (κ3) is 6.03. The Morgan fingerprint density at radius 2 is 1.83 bits per heavy atom. The van der Waals surface area contributed by atoms with Crippen molar-refractivity contribution in [2.45, 2.75) is 33.2 Å². The molecule has 2 aromatic rings. The van der Waals surface area contributed by atoms with E-state index in [4.69, 9.17) is 16.3 Å². The van der Waals surface area contributed by atoms with Crippen molar-refractivity contribution in [3.63, 3.8) is 0 Å². The molecular formula is C20H24ClFN4O4. The number of nitrogens with zero attached hydrogens (tertiary/aromatic N) is 3. The molecule has 0 unspecified atom stereocenters. The lowest BCUT2D eigenvalue weighted by molar-refractivity contribution is -0.137. The molecule has 0 atom stereocenters. The lowest BCUT2D eigenvalue weighted by atomic mass is 10.1. The summed E-state index contributed by atoms with van der Waals surface area (Å²) in [6, 6.07) is 5.41. The van der Waals surface area contributed by atoms with Crippen LogP contribution in [0.3, 0.4) is 0 Å². The third-order valence-corrected chi connectivity index (χ3v) is 4.28. The molecule has 0 aliphatic carbocycles. The fraction of sp³-hybridized carbons (Fsp3) is 0.400. The number of rotatable bonds is 6. The molecule has 1 N–H and O–H groups in total. The van der Waals surface area contributed by atoms with Crippen LogP contribution in [0.2, 0.25) is 5.15 Å². The number of ether oxygens (including phenoxy) is 1. The number of aromatic nitrogens is 2. The number of halogens is 2. The average Bonchev–Trinajstić information content (AvgIpc) is 2.92. The molecular weight excluding hydrogens is 415 g/mol. The summed E-state index contributed by atoms with van der Waals surface area (Å²) in [4.78, 5) is 37.7. The second-order valence-corrected chi connectivity index (χ2v) is 8.12. The molecule has 0 aliphatic heterocycles. The second-order valence-electron chi connectivity index (χ2n) is 7.76. The van der Waals surface area contributed by atoms with Crippen molar-refractivity contribution in [3.05, 3.63) is 46.5 Å². The van der Waals surface area contributed by atoms with Crippen LogP contribution < -0.4 is 5.32 Å². The largest absolute Gasteiger partial charge is 0.452 e.